The second-order valence-corrected chi connectivity index (χ2v) is 7.73. The van der Waals surface area contributed by atoms with E-state index < -0.39 is 24.2 Å². The Hall–Kier alpha value is -3.59. The van der Waals surface area contributed by atoms with Gasteiger partial charge in [0.05, 0.1) is 12.7 Å². The number of alkyl halides is 2. The van der Waals surface area contributed by atoms with Crippen LogP contribution in [0.3, 0.4) is 0 Å². The van der Waals surface area contributed by atoms with Gasteiger partial charge in [-0.15, -0.1) is 0 Å². The van der Waals surface area contributed by atoms with Crippen LogP contribution in [0, 0.1) is 0 Å². The molecule has 0 aliphatic heterocycles. The molecule has 3 rings (SSSR count). The number of benzene rings is 3. The summed E-state index contributed by atoms with van der Waals surface area (Å²) in [6.45, 7) is -0.177. The summed E-state index contributed by atoms with van der Waals surface area (Å²) >= 11 is 0.409. The maximum Gasteiger partial charge on any atom is 0.338 e. The highest BCUT2D eigenvalue weighted by Crippen LogP contribution is 2.29. The number of halogens is 2. The zero-order chi connectivity index (χ0) is 23.6. The highest BCUT2D eigenvalue weighted by molar-refractivity contribution is 7.99. The highest BCUT2D eigenvalue weighted by Gasteiger charge is 2.14. The van der Waals surface area contributed by atoms with Crippen molar-refractivity contribution in [3.05, 3.63) is 83.9 Å². The zero-order valence-electron chi connectivity index (χ0n) is 17.6. The van der Waals surface area contributed by atoms with Crippen LogP contribution >= 0.6 is 11.8 Å². The van der Waals surface area contributed by atoms with Crippen molar-refractivity contribution in [1.82, 2.24) is 0 Å². The van der Waals surface area contributed by atoms with Crippen LogP contribution in [-0.2, 0) is 16.1 Å². The summed E-state index contributed by atoms with van der Waals surface area (Å²) in [5.41, 5.74) is 1.58. The molecule has 172 valence electrons. The fraction of sp³-hybridized carbons (Fsp3) is 0.167. The van der Waals surface area contributed by atoms with Crippen LogP contribution in [0.15, 0.2) is 77.7 Å². The smallest absolute Gasteiger partial charge is 0.338 e. The van der Waals surface area contributed by atoms with Gasteiger partial charge < -0.3 is 19.5 Å². The Balaban J connectivity index is 1.52. The molecule has 0 bridgehead atoms. The average molecular weight is 473 g/mol. The Morgan fingerprint density at radius 3 is 2.36 bits per heavy atom. The molecule has 1 N–H and O–H groups in total. The number of carbonyl (C=O) groups is 2. The first-order chi connectivity index (χ1) is 15.9. The number of carbonyl (C=O) groups excluding carboxylic acids is 2. The van der Waals surface area contributed by atoms with E-state index in [0.29, 0.717) is 40.5 Å². The summed E-state index contributed by atoms with van der Waals surface area (Å²) in [4.78, 5) is 24.8. The van der Waals surface area contributed by atoms with Crippen LogP contribution in [0.4, 0.5) is 14.5 Å². The maximum atomic E-state index is 12.4. The molecule has 0 heterocycles. The average Bonchev–Trinajstić information content (AvgIpc) is 2.82. The standard InChI is InChI=1S/C24H21F2NO5S/c1-30-21-13-17(7-12-20(21)31-14-16-5-3-2-4-6-16)23(29)32-15-22(28)27-18-8-10-19(11-9-18)33-24(25)26/h2-13,24H,14-15H2,1H3,(H,27,28). The Bertz CT molecular complexity index is 1080. The Morgan fingerprint density at radius 2 is 1.70 bits per heavy atom. The number of rotatable bonds is 10. The van der Waals surface area contributed by atoms with Gasteiger partial charge in [-0.1, -0.05) is 42.1 Å². The molecule has 0 unspecified atom stereocenters. The van der Waals surface area contributed by atoms with E-state index >= 15 is 0 Å². The van der Waals surface area contributed by atoms with E-state index in [1.54, 1.807) is 6.07 Å². The van der Waals surface area contributed by atoms with E-state index in [2.05, 4.69) is 5.32 Å². The van der Waals surface area contributed by atoms with Crippen LogP contribution in [-0.4, -0.2) is 31.4 Å². The molecule has 3 aromatic rings. The zero-order valence-corrected chi connectivity index (χ0v) is 18.4. The number of ether oxygens (including phenoxy) is 3. The summed E-state index contributed by atoms with van der Waals surface area (Å²) in [6, 6.07) is 20.1. The summed E-state index contributed by atoms with van der Waals surface area (Å²) in [5, 5.41) is 2.54. The molecule has 1 amide bonds. The van der Waals surface area contributed by atoms with Crippen LogP contribution in [0.5, 0.6) is 11.5 Å². The van der Waals surface area contributed by atoms with E-state index in [1.807, 2.05) is 30.3 Å². The van der Waals surface area contributed by atoms with Crippen LogP contribution in [0.25, 0.3) is 0 Å². The van der Waals surface area contributed by atoms with Crippen molar-refractivity contribution in [2.45, 2.75) is 17.3 Å². The normalized spacial score (nSPS) is 10.5. The molecule has 0 aromatic heterocycles. The minimum Gasteiger partial charge on any atom is -0.493 e. The van der Waals surface area contributed by atoms with Gasteiger partial charge in [0.2, 0.25) is 0 Å². The molecular formula is C24H21F2NO5S. The van der Waals surface area contributed by atoms with Gasteiger partial charge in [-0.05, 0) is 48.0 Å². The fourth-order valence-electron chi connectivity index (χ4n) is 2.78. The molecule has 0 aliphatic rings. The van der Waals surface area contributed by atoms with E-state index in [9.17, 15) is 18.4 Å². The first kappa shape index (κ1) is 24.1. The molecule has 0 saturated carbocycles. The van der Waals surface area contributed by atoms with Gasteiger partial charge in [-0.3, -0.25) is 4.79 Å². The Labute approximate surface area is 193 Å². The summed E-state index contributed by atoms with van der Waals surface area (Å²) in [6.07, 6.45) is 0. The van der Waals surface area contributed by atoms with Crippen LogP contribution < -0.4 is 14.8 Å². The van der Waals surface area contributed by atoms with Crippen molar-refractivity contribution in [3.63, 3.8) is 0 Å². The molecule has 9 heteroatoms. The molecular weight excluding hydrogens is 452 g/mol. The van der Waals surface area contributed by atoms with E-state index in [4.69, 9.17) is 14.2 Å². The van der Waals surface area contributed by atoms with Gasteiger partial charge in [0.15, 0.2) is 18.1 Å². The number of anilines is 1. The Kier molecular flexibility index (Phi) is 8.65. The number of esters is 1. The molecule has 3 aromatic carbocycles. The SMILES string of the molecule is COc1cc(C(=O)OCC(=O)Nc2ccc(SC(F)F)cc2)ccc1OCc1ccccc1. The third-order valence-electron chi connectivity index (χ3n) is 4.33. The topological polar surface area (TPSA) is 73.9 Å². The second kappa shape index (κ2) is 11.9. The molecule has 0 aliphatic carbocycles. The van der Waals surface area contributed by atoms with Crippen molar-refractivity contribution in [3.8, 4) is 11.5 Å². The van der Waals surface area contributed by atoms with E-state index in [-0.39, 0.29) is 5.56 Å². The number of thioether (sulfide) groups is 1. The second-order valence-electron chi connectivity index (χ2n) is 6.67. The lowest BCUT2D eigenvalue weighted by Crippen LogP contribution is -2.20. The number of nitrogens with one attached hydrogen (secondary N) is 1. The van der Waals surface area contributed by atoms with Gasteiger partial charge in [-0.2, -0.15) is 8.78 Å². The van der Waals surface area contributed by atoms with Crippen molar-refractivity contribution in [2.24, 2.45) is 0 Å². The highest BCUT2D eigenvalue weighted by atomic mass is 32.2. The van der Waals surface area contributed by atoms with Crippen molar-refractivity contribution < 1.29 is 32.6 Å². The number of hydrogen-bond acceptors (Lipinski definition) is 6. The number of methoxy groups -OCH3 is 1. The van der Waals surface area contributed by atoms with E-state index in [1.165, 1.54) is 43.5 Å². The minimum atomic E-state index is -2.52. The fourth-order valence-corrected chi connectivity index (χ4v) is 3.28. The summed E-state index contributed by atoms with van der Waals surface area (Å²) in [5.74, 6) is -2.97. The minimum absolute atomic E-state index is 0.195. The van der Waals surface area contributed by atoms with Gasteiger partial charge in [0, 0.05) is 10.6 Å². The summed E-state index contributed by atoms with van der Waals surface area (Å²) < 4.78 is 40.8. The number of hydrogen-bond donors (Lipinski definition) is 1. The van der Waals surface area contributed by atoms with Crippen molar-refractivity contribution in [1.29, 1.82) is 0 Å². The predicted molar refractivity (Wildman–Crippen MR) is 121 cm³/mol. The van der Waals surface area contributed by atoms with Crippen molar-refractivity contribution in [2.75, 3.05) is 19.0 Å². The lowest BCUT2D eigenvalue weighted by atomic mass is 10.2. The van der Waals surface area contributed by atoms with Gasteiger partial charge in [-0.25, -0.2) is 4.79 Å². The van der Waals surface area contributed by atoms with Gasteiger partial charge in [0.1, 0.15) is 6.61 Å². The first-order valence-corrected chi connectivity index (χ1v) is 10.7. The Morgan fingerprint density at radius 1 is 0.970 bits per heavy atom. The molecule has 6 nitrogen and oxygen atoms in total. The monoisotopic (exact) mass is 473 g/mol. The van der Waals surface area contributed by atoms with Crippen molar-refractivity contribution >= 4 is 29.3 Å². The van der Waals surface area contributed by atoms with Gasteiger partial charge >= 0.3 is 5.97 Å². The molecule has 0 atom stereocenters. The third kappa shape index (κ3) is 7.50. The number of amides is 1. The molecule has 33 heavy (non-hydrogen) atoms. The lowest BCUT2D eigenvalue weighted by molar-refractivity contribution is -0.119. The van der Waals surface area contributed by atoms with E-state index in [0.717, 1.165) is 5.56 Å². The summed E-state index contributed by atoms with van der Waals surface area (Å²) in [7, 11) is 1.46. The predicted octanol–water partition coefficient (Wildman–Crippen LogP) is 5.38. The van der Waals surface area contributed by atoms with Gasteiger partial charge in [0.25, 0.3) is 11.7 Å². The largest absolute Gasteiger partial charge is 0.493 e. The van der Waals surface area contributed by atoms with Crippen LogP contribution in [0.1, 0.15) is 15.9 Å². The molecule has 0 spiro atoms. The third-order valence-corrected chi connectivity index (χ3v) is 5.06. The molecule has 0 saturated heterocycles. The molecule has 0 radical (unpaired) electrons. The first-order valence-electron chi connectivity index (χ1n) is 9.81. The van der Waals surface area contributed by atoms with Crippen LogP contribution in [0.2, 0.25) is 0 Å². The molecule has 0 fully saturated rings. The maximum absolute atomic E-state index is 12.4. The lowest BCUT2D eigenvalue weighted by Gasteiger charge is -2.12. The quantitative estimate of drug-likeness (QED) is 0.315.